The van der Waals surface area contributed by atoms with E-state index in [1.807, 2.05) is 12.1 Å². The number of hydrogen-bond donors (Lipinski definition) is 2. The van der Waals surface area contributed by atoms with Crippen LogP contribution in [0.3, 0.4) is 0 Å². The van der Waals surface area contributed by atoms with E-state index in [1.165, 1.54) is 51.6 Å². The number of nitrogens with zero attached hydrogens (tertiary/aromatic N) is 3. The summed E-state index contributed by atoms with van der Waals surface area (Å²) < 4.78 is 0. The summed E-state index contributed by atoms with van der Waals surface area (Å²) in [4.78, 5) is 33.4. The van der Waals surface area contributed by atoms with Gasteiger partial charge < -0.3 is 16.0 Å². The lowest BCUT2D eigenvalue weighted by Gasteiger charge is -2.36. The number of hydrogen-bond acceptors (Lipinski definition) is 5. The molecule has 3 atom stereocenters. The highest BCUT2D eigenvalue weighted by Gasteiger charge is 2.38. The standard InChI is InChI=1S/C23H31N5O2/c24-21-10-9-20(22(29)26-21)28-14-15-13-16(7-8-17(15)23(28)30)25-18-5-4-6-19(18)27-11-2-1-3-12-27/h7-8,13,18-20,25H,1-6,9-12,14H2,(H2,24,26,29)/t18-,19+,20?/m1/s1. The molecule has 7 heteroatoms. The Balaban J connectivity index is 1.29. The summed E-state index contributed by atoms with van der Waals surface area (Å²) in [6.45, 7) is 2.91. The van der Waals surface area contributed by atoms with Crippen molar-refractivity contribution in [2.75, 3.05) is 18.4 Å². The third-order valence-corrected chi connectivity index (χ3v) is 7.22. The molecule has 160 valence electrons. The summed E-state index contributed by atoms with van der Waals surface area (Å²) in [6.07, 6.45) is 8.83. The van der Waals surface area contributed by atoms with Gasteiger partial charge in [-0.3, -0.25) is 14.5 Å². The molecular formula is C23H31N5O2. The topological polar surface area (TPSA) is 91.0 Å². The molecule has 0 spiro atoms. The monoisotopic (exact) mass is 409 g/mol. The molecule has 30 heavy (non-hydrogen) atoms. The number of amidine groups is 1. The van der Waals surface area contributed by atoms with E-state index in [2.05, 4.69) is 21.3 Å². The van der Waals surface area contributed by atoms with E-state index in [0.717, 1.165) is 11.3 Å². The van der Waals surface area contributed by atoms with Crippen LogP contribution in [-0.4, -0.2) is 58.7 Å². The van der Waals surface area contributed by atoms with Crippen LogP contribution in [0.15, 0.2) is 23.2 Å². The van der Waals surface area contributed by atoms with Crippen LogP contribution in [0.2, 0.25) is 0 Å². The number of aliphatic imine (C=N–C) groups is 1. The fraction of sp³-hybridized carbons (Fsp3) is 0.609. The van der Waals surface area contributed by atoms with Crippen molar-refractivity contribution in [2.45, 2.75) is 76.0 Å². The maximum atomic E-state index is 12.9. The second kappa shape index (κ2) is 8.02. The van der Waals surface area contributed by atoms with Gasteiger partial charge in [0.2, 0.25) is 0 Å². The zero-order chi connectivity index (χ0) is 20.7. The highest BCUT2D eigenvalue weighted by atomic mass is 16.2. The minimum atomic E-state index is -0.494. The normalized spacial score (nSPS) is 29.8. The number of likely N-dealkylation sites (tertiary alicyclic amines) is 1. The van der Waals surface area contributed by atoms with Crippen LogP contribution in [0, 0.1) is 0 Å². The van der Waals surface area contributed by atoms with Gasteiger partial charge in [0, 0.05) is 36.3 Å². The fourth-order valence-electron chi connectivity index (χ4n) is 5.66. The first-order valence-electron chi connectivity index (χ1n) is 11.4. The van der Waals surface area contributed by atoms with Gasteiger partial charge >= 0.3 is 0 Å². The first-order chi connectivity index (χ1) is 14.6. The molecule has 1 saturated carbocycles. The zero-order valence-electron chi connectivity index (χ0n) is 17.5. The number of rotatable bonds is 4. The molecule has 1 unspecified atom stereocenters. The van der Waals surface area contributed by atoms with Crippen molar-refractivity contribution in [3.63, 3.8) is 0 Å². The van der Waals surface area contributed by atoms with Crippen molar-refractivity contribution < 1.29 is 9.59 Å². The van der Waals surface area contributed by atoms with E-state index in [9.17, 15) is 9.59 Å². The lowest BCUT2D eigenvalue weighted by molar-refractivity contribution is -0.122. The largest absolute Gasteiger partial charge is 0.387 e. The Morgan fingerprint density at radius 1 is 1.03 bits per heavy atom. The minimum Gasteiger partial charge on any atom is -0.387 e. The van der Waals surface area contributed by atoms with Crippen LogP contribution in [0.4, 0.5) is 5.69 Å². The average Bonchev–Trinajstić information content (AvgIpc) is 3.33. The number of nitrogens with one attached hydrogen (secondary N) is 1. The maximum Gasteiger partial charge on any atom is 0.270 e. The van der Waals surface area contributed by atoms with Gasteiger partial charge in [-0.1, -0.05) is 6.42 Å². The predicted octanol–water partition coefficient (Wildman–Crippen LogP) is 2.51. The molecule has 2 amide bonds. The molecule has 3 N–H and O–H groups in total. The Kier molecular flexibility index (Phi) is 5.23. The first kappa shape index (κ1) is 19.5. The smallest absolute Gasteiger partial charge is 0.270 e. The maximum absolute atomic E-state index is 12.9. The van der Waals surface area contributed by atoms with Crippen molar-refractivity contribution >= 4 is 23.3 Å². The van der Waals surface area contributed by atoms with Gasteiger partial charge in [-0.2, -0.15) is 4.99 Å². The van der Waals surface area contributed by atoms with E-state index in [-0.39, 0.29) is 11.8 Å². The van der Waals surface area contributed by atoms with Gasteiger partial charge in [-0.15, -0.1) is 0 Å². The van der Waals surface area contributed by atoms with Crippen molar-refractivity contribution in [2.24, 2.45) is 10.7 Å². The number of fused-ring (bicyclic) bond motifs is 1. The Bertz CT molecular complexity index is 876. The summed E-state index contributed by atoms with van der Waals surface area (Å²) in [6, 6.07) is 6.61. The van der Waals surface area contributed by atoms with Gasteiger partial charge in [0.25, 0.3) is 11.8 Å². The predicted molar refractivity (Wildman–Crippen MR) is 116 cm³/mol. The quantitative estimate of drug-likeness (QED) is 0.797. The van der Waals surface area contributed by atoms with Crippen molar-refractivity contribution in [1.29, 1.82) is 0 Å². The summed E-state index contributed by atoms with van der Waals surface area (Å²) in [7, 11) is 0. The minimum absolute atomic E-state index is 0.0716. The highest BCUT2D eigenvalue weighted by Crippen LogP contribution is 2.33. The molecule has 2 fully saturated rings. The summed E-state index contributed by atoms with van der Waals surface area (Å²) in [5.41, 5.74) is 8.46. The van der Waals surface area contributed by atoms with Crippen LogP contribution in [-0.2, 0) is 11.3 Å². The van der Waals surface area contributed by atoms with Crippen molar-refractivity contribution in [1.82, 2.24) is 9.80 Å². The van der Waals surface area contributed by atoms with Gasteiger partial charge in [0.1, 0.15) is 11.9 Å². The second-order valence-electron chi connectivity index (χ2n) is 9.15. The number of carbonyl (C=O) groups is 2. The molecule has 1 aromatic rings. The van der Waals surface area contributed by atoms with Gasteiger partial charge in [-0.05, 0) is 75.4 Å². The molecule has 0 aromatic heterocycles. The third kappa shape index (κ3) is 3.60. The number of carbonyl (C=O) groups excluding carboxylic acids is 2. The molecule has 1 aromatic carbocycles. The van der Waals surface area contributed by atoms with Crippen LogP contribution in [0.25, 0.3) is 0 Å². The Hall–Kier alpha value is -2.41. The highest BCUT2D eigenvalue weighted by molar-refractivity contribution is 6.04. The molecule has 5 rings (SSSR count). The van der Waals surface area contributed by atoms with Crippen LogP contribution >= 0.6 is 0 Å². The number of piperidine rings is 1. The van der Waals surface area contributed by atoms with Gasteiger partial charge in [0.05, 0.1) is 0 Å². The Labute approximate surface area is 177 Å². The summed E-state index contributed by atoms with van der Waals surface area (Å²) in [5.74, 6) is -0.00191. The van der Waals surface area contributed by atoms with Crippen LogP contribution in [0.5, 0.6) is 0 Å². The fourth-order valence-corrected chi connectivity index (χ4v) is 5.66. The molecule has 3 aliphatic heterocycles. The number of nitrogens with two attached hydrogens (primary N) is 1. The third-order valence-electron chi connectivity index (χ3n) is 7.22. The van der Waals surface area contributed by atoms with E-state index >= 15 is 0 Å². The molecule has 0 bridgehead atoms. The molecule has 0 radical (unpaired) electrons. The number of anilines is 1. The molecule has 1 saturated heterocycles. The average molecular weight is 410 g/mol. The SMILES string of the molecule is NC1=NC(=O)C(N2Cc3cc(N[C@@H]4CCC[C@@H]4N4CCCCC4)ccc3C2=O)CC1. The van der Waals surface area contributed by atoms with E-state index in [0.29, 0.717) is 42.9 Å². The van der Waals surface area contributed by atoms with Crippen LogP contribution in [0.1, 0.15) is 67.3 Å². The summed E-state index contributed by atoms with van der Waals surface area (Å²) >= 11 is 0. The molecule has 1 aliphatic carbocycles. The summed E-state index contributed by atoms with van der Waals surface area (Å²) in [5, 5.41) is 3.76. The van der Waals surface area contributed by atoms with Crippen molar-refractivity contribution in [3.8, 4) is 0 Å². The van der Waals surface area contributed by atoms with Gasteiger partial charge in [-0.25, -0.2) is 0 Å². The van der Waals surface area contributed by atoms with E-state index in [1.54, 1.807) is 4.90 Å². The lowest BCUT2D eigenvalue weighted by atomic mass is 10.0. The van der Waals surface area contributed by atoms with Crippen molar-refractivity contribution in [3.05, 3.63) is 29.3 Å². The number of amides is 2. The lowest BCUT2D eigenvalue weighted by Crippen LogP contribution is -2.46. The Morgan fingerprint density at radius 3 is 2.67 bits per heavy atom. The number of benzene rings is 1. The Morgan fingerprint density at radius 2 is 1.87 bits per heavy atom. The zero-order valence-corrected chi connectivity index (χ0v) is 17.5. The molecular weight excluding hydrogens is 378 g/mol. The molecule has 7 nitrogen and oxygen atoms in total. The van der Waals surface area contributed by atoms with E-state index < -0.39 is 6.04 Å². The second-order valence-corrected chi connectivity index (χ2v) is 9.15. The van der Waals surface area contributed by atoms with Gasteiger partial charge in [0.15, 0.2) is 0 Å². The van der Waals surface area contributed by atoms with E-state index in [4.69, 9.17) is 5.73 Å². The first-order valence-corrected chi connectivity index (χ1v) is 11.4. The van der Waals surface area contributed by atoms with Crippen LogP contribution < -0.4 is 11.1 Å². The molecule has 4 aliphatic rings. The molecule has 3 heterocycles.